The van der Waals surface area contributed by atoms with Crippen LogP contribution in [0.15, 0.2) is 36.4 Å². The molecule has 0 aliphatic rings. The van der Waals surface area contributed by atoms with Gasteiger partial charge in [-0.25, -0.2) is 0 Å². The molecule has 0 amide bonds. The molecule has 3 N–H and O–H groups in total. The predicted molar refractivity (Wildman–Crippen MR) is 190 cm³/mol. The first-order valence-corrected chi connectivity index (χ1v) is 16.6. The van der Waals surface area contributed by atoms with Crippen molar-refractivity contribution in [3.63, 3.8) is 0 Å². The summed E-state index contributed by atoms with van der Waals surface area (Å²) in [7, 11) is 0. The Morgan fingerprint density at radius 2 is 0.622 bits per heavy atom. The molecule has 45 heavy (non-hydrogen) atoms. The van der Waals surface area contributed by atoms with Crippen LogP contribution < -0.4 is 0 Å². The molecule has 0 heterocycles. The Morgan fingerprint density at radius 1 is 0.400 bits per heavy atom. The molecule has 0 fully saturated rings. The smallest absolute Gasteiger partial charge is 0.121 e. The van der Waals surface area contributed by atoms with Gasteiger partial charge in [0, 0.05) is 0 Å². The monoisotopic (exact) mass is 606 g/mol. The van der Waals surface area contributed by atoms with Gasteiger partial charge in [0.1, 0.15) is 17.2 Å². The third-order valence-corrected chi connectivity index (χ3v) is 9.89. The molecule has 0 bridgehead atoms. The summed E-state index contributed by atoms with van der Waals surface area (Å²) in [6.45, 7) is 25.6. The fourth-order valence-electron chi connectivity index (χ4n) is 7.08. The van der Waals surface area contributed by atoms with Gasteiger partial charge in [0.25, 0.3) is 0 Å². The molecule has 4 aromatic carbocycles. The molecule has 0 saturated heterocycles. The van der Waals surface area contributed by atoms with E-state index in [4.69, 9.17) is 0 Å². The topological polar surface area (TPSA) is 60.7 Å². The minimum absolute atomic E-state index is 0.232. The lowest BCUT2D eigenvalue weighted by Gasteiger charge is -2.25. The van der Waals surface area contributed by atoms with Crippen LogP contribution in [-0.4, -0.2) is 15.3 Å². The average Bonchev–Trinajstić information content (AvgIpc) is 2.96. The Hall–Kier alpha value is -3.72. The molecule has 0 unspecified atom stereocenters. The van der Waals surface area contributed by atoms with Crippen molar-refractivity contribution >= 4 is 0 Å². The number of hydrogen-bond donors (Lipinski definition) is 3. The van der Waals surface area contributed by atoms with E-state index in [1.54, 1.807) is 0 Å². The van der Waals surface area contributed by atoms with Gasteiger partial charge in [-0.15, -0.1) is 0 Å². The molecule has 3 heteroatoms. The molecule has 4 rings (SSSR count). The van der Waals surface area contributed by atoms with Crippen LogP contribution in [0.3, 0.4) is 0 Å². The molecule has 240 valence electrons. The molecule has 0 aliphatic carbocycles. The van der Waals surface area contributed by atoms with Gasteiger partial charge < -0.3 is 15.3 Å². The number of rotatable bonds is 9. The van der Waals surface area contributed by atoms with Gasteiger partial charge in [-0.2, -0.15) is 0 Å². The van der Waals surface area contributed by atoms with Crippen LogP contribution in [0.25, 0.3) is 0 Å². The average molecular weight is 607 g/mol. The van der Waals surface area contributed by atoms with E-state index in [-0.39, 0.29) is 17.8 Å². The molecule has 3 nitrogen and oxygen atoms in total. The van der Waals surface area contributed by atoms with Gasteiger partial charge in [-0.3, -0.25) is 0 Å². The molecule has 4 aromatic rings. The Bertz CT molecular complexity index is 1510. The normalized spacial score (nSPS) is 11.8. The van der Waals surface area contributed by atoms with Crippen LogP contribution in [0.5, 0.6) is 17.2 Å². The minimum atomic E-state index is 0.232. The number of aryl methyl sites for hydroxylation is 3. The van der Waals surface area contributed by atoms with Crippen LogP contribution in [0.4, 0.5) is 0 Å². The Kier molecular flexibility index (Phi) is 10.1. The zero-order valence-electron chi connectivity index (χ0n) is 29.7. The summed E-state index contributed by atoms with van der Waals surface area (Å²) < 4.78 is 0. The van der Waals surface area contributed by atoms with Crippen LogP contribution in [0, 0.1) is 41.5 Å². The van der Waals surface area contributed by atoms with Gasteiger partial charge >= 0.3 is 0 Å². The van der Waals surface area contributed by atoms with Crippen molar-refractivity contribution in [1.82, 2.24) is 0 Å². The van der Waals surface area contributed by atoms with E-state index in [2.05, 4.69) is 98.7 Å². The summed E-state index contributed by atoms with van der Waals surface area (Å²) in [6, 6.07) is 13.0. The fraction of sp³-hybridized carbons (Fsp3) is 0.429. The van der Waals surface area contributed by atoms with Gasteiger partial charge in [0.2, 0.25) is 0 Å². The van der Waals surface area contributed by atoms with E-state index >= 15 is 0 Å². The summed E-state index contributed by atoms with van der Waals surface area (Å²) in [6.07, 6.45) is 2.36. The predicted octanol–water partition coefficient (Wildman–Crippen LogP) is 10.8. The maximum Gasteiger partial charge on any atom is 0.121 e. The first-order chi connectivity index (χ1) is 21.0. The molecule has 0 radical (unpaired) electrons. The van der Waals surface area contributed by atoms with E-state index in [9.17, 15) is 15.3 Å². The number of phenols is 3. The van der Waals surface area contributed by atoms with Crippen LogP contribution in [-0.2, 0) is 19.3 Å². The second-order valence-corrected chi connectivity index (χ2v) is 14.4. The standard InChI is InChI=1S/C42H54O3/c1-22(2)34-16-31(13-25(7)40(34)43)19-37-28(10)38(20-32-14-26(8)41(44)35(17-32)23(3)4)30(12)39(29(37)11)21-33-15-27(9)42(45)36(18-33)24(5)6/h13-18,22-24,43-45H,19-21H2,1-12H3. The third kappa shape index (κ3) is 6.93. The van der Waals surface area contributed by atoms with Crippen LogP contribution in [0.1, 0.15) is 143 Å². The second kappa shape index (κ2) is 13.3. The zero-order valence-corrected chi connectivity index (χ0v) is 29.7. The molecule has 0 aliphatic heterocycles. The second-order valence-electron chi connectivity index (χ2n) is 14.4. The molecular formula is C42H54O3. The van der Waals surface area contributed by atoms with Crippen molar-refractivity contribution in [3.8, 4) is 17.2 Å². The van der Waals surface area contributed by atoms with Gasteiger partial charge in [-0.1, -0.05) is 77.9 Å². The number of hydrogen-bond acceptors (Lipinski definition) is 3. The first-order valence-electron chi connectivity index (χ1n) is 16.6. The van der Waals surface area contributed by atoms with E-state index in [0.717, 1.165) is 52.6 Å². The first kappa shape index (κ1) is 34.2. The minimum Gasteiger partial charge on any atom is -0.507 e. The number of phenolic OH excluding ortho intramolecular Hbond substituents is 3. The molecule has 0 spiro atoms. The van der Waals surface area contributed by atoms with E-state index in [1.165, 1.54) is 50.1 Å². The van der Waals surface area contributed by atoms with Crippen molar-refractivity contribution in [3.05, 3.63) is 120 Å². The van der Waals surface area contributed by atoms with Gasteiger partial charge in [0.15, 0.2) is 0 Å². The molecular weight excluding hydrogens is 552 g/mol. The summed E-state index contributed by atoms with van der Waals surface area (Å²) in [5, 5.41) is 32.4. The third-order valence-electron chi connectivity index (χ3n) is 9.89. The lowest BCUT2D eigenvalue weighted by atomic mass is 9.80. The van der Waals surface area contributed by atoms with E-state index in [0.29, 0.717) is 17.2 Å². The number of aromatic hydroxyl groups is 3. The maximum absolute atomic E-state index is 10.8. The summed E-state index contributed by atoms with van der Waals surface area (Å²) >= 11 is 0. The summed E-state index contributed by atoms with van der Waals surface area (Å²) in [4.78, 5) is 0. The maximum atomic E-state index is 10.8. The van der Waals surface area contributed by atoms with E-state index in [1.807, 2.05) is 20.8 Å². The summed E-state index contributed by atoms with van der Waals surface area (Å²) in [5.41, 5.74) is 17.3. The molecule has 0 aromatic heterocycles. The Morgan fingerprint density at radius 3 is 0.822 bits per heavy atom. The van der Waals surface area contributed by atoms with Crippen molar-refractivity contribution in [2.75, 3.05) is 0 Å². The lowest BCUT2D eigenvalue weighted by molar-refractivity contribution is 0.460. The van der Waals surface area contributed by atoms with Crippen molar-refractivity contribution < 1.29 is 15.3 Å². The highest BCUT2D eigenvalue weighted by molar-refractivity contribution is 5.57. The van der Waals surface area contributed by atoms with Gasteiger partial charge in [0.05, 0.1) is 0 Å². The highest BCUT2D eigenvalue weighted by Crippen LogP contribution is 2.38. The van der Waals surface area contributed by atoms with Gasteiger partial charge in [-0.05, 0) is 162 Å². The molecule has 0 atom stereocenters. The Labute approximate surface area is 272 Å². The van der Waals surface area contributed by atoms with Crippen LogP contribution in [0.2, 0.25) is 0 Å². The van der Waals surface area contributed by atoms with Crippen molar-refractivity contribution in [1.29, 1.82) is 0 Å². The van der Waals surface area contributed by atoms with E-state index < -0.39 is 0 Å². The summed E-state index contributed by atoms with van der Waals surface area (Å²) in [5.74, 6) is 1.90. The molecule has 0 saturated carbocycles. The van der Waals surface area contributed by atoms with Crippen LogP contribution >= 0.6 is 0 Å². The SMILES string of the molecule is Cc1cc(Cc2c(C)c(Cc3cc(C)c(O)c(C(C)C)c3)c(C)c(Cc3cc(C)c(O)c(C(C)C)c3)c2C)cc(C(C)C)c1O. The van der Waals surface area contributed by atoms with Crippen molar-refractivity contribution in [2.24, 2.45) is 0 Å². The number of benzene rings is 4. The quantitative estimate of drug-likeness (QED) is 0.178. The Balaban J connectivity index is 1.94. The zero-order chi connectivity index (χ0) is 33.5. The van der Waals surface area contributed by atoms with Crippen molar-refractivity contribution in [2.45, 2.75) is 120 Å². The largest absolute Gasteiger partial charge is 0.507 e. The highest BCUT2D eigenvalue weighted by Gasteiger charge is 2.21. The highest BCUT2D eigenvalue weighted by atomic mass is 16.3. The lowest BCUT2D eigenvalue weighted by Crippen LogP contribution is -2.10. The fourth-order valence-corrected chi connectivity index (χ4v) is 7.08.